The molecule has 1 aromatic rings. The zero-order valence-electron chi connectivity index (χ0n) is 17.2. The summed E-state index contributed by atoms with van der Waals surface area (Å²) in [5, 5.41) is 0. The number of benzene rings is 1. The summed E-state index contributed by atoms with van der Waals surface area (Å²) < 4.78 is 44.6. The highest BCUT2D eigenvalue weighted by atomic mass is 19.4. The Morgan fingerprint density at radius 2 is 1.97 bits per heavy atom. The van der Waals surface area contributed by atoms with Crippen molar-refractivity contribution < 1.29 is 37.1 Å². The summed E-state index contributed by atoms with van der Waals surface area (Å²) in [6.45, 7) is 1.88. The van der Waals surface area contributed by atoms with Crippen molar-refractivity contribution in [3.05, 3.63) is 35.4 Å². The second-order valence-corrected chi connectivity index (χ2v) is 7.73. The lowest BCUT2D eigenvalue weighted by molar-refractivity contribution is -0.151. The number of methoxy groups -OCH3 is 1. The van der Waals surface area contributed by atoms with Crippen LogP contribution in [0.4, 0.5) is 13.2 Å². The third kappa shape index (κ3) is 4.03. The topological polar surface area (TPSA) is 84.0 Å². The molecule has 31 heavy (non-hydrogen) atoms. The van der Waals surface area contributed by atoms with E-state index in [0.717, 1.165) is 23.1 Å². The molecule has 3 rings (SSSR count). The highest BCUT2D eigenvalue weighted by Crippen LogP contribution is 2.42. The monoisotopic (exact) mass is 440 g/mol. The Morgan fingerprint density at radius 3 is 2.55 bits per heavy atom. The van der Waals surface area contributed by atoms with E-state index in [2.05, 4.69) is 0 Å². The van der Waals surface area contributed by atoms with Crippen LogP contribution in [0.5, 0.6) is 0 Å². The van der Waals surface area contributed by atoms with Crippen LogP contribution in [0.15, 0.2) is 24.3 Å². The summed E-state index contributed by atoms with van der Waals surface area (Å²) in [6.07, 6.45) is -4.63. The van der Waals surface area contributed by atoms with Gasteiger partial charge >= 0.3 is 12.1 Å². The van der Waals surface area contributed by atoms with E-state index in [9.17, 15) is 32.3 Å². The SMILES string of the molecule is CCN1C(=O)C[C@@](CC(=O)N2CCC[C@H]2C(=O)OC)(c2cccc(C(F)(F)F)c2)C1=O. The fourth-order valence-corrected chi connectivity index (χ4v) is 4.39. The number of halogens is 3. The third-order valence-corrected chi connectivity index (χ3v) is 5.97. The van der Waals surface area contributed by atoms with Crippen molar-refractivity contribution >= 4 is 23.7 Å². The van der Waals surface area contributed by atoms with Gasteiger partial charge in [0, 0.05) is 25.9 Å². The largest absolute Gasteiger partial charge is 0.467 e. The van der Waals surface area contributed by atoms with E-state index in [-0.39, 0.29) is 18.7 Å². The van der Waals surface area contributed by atoms with E-state index < -0.39 is 59.7 Å². The Bertz CT molecular complexity index is 917. The molecule has 0 aliphatic carbocycles. The Labute approximate surface area is 177 Å². The van der Waals surface area contributed by atoms with Gasteiger partial charge in [0.2, 0.25) is 17.7 Å². The molecule has 1 aromatic carbocycles. The van der Waals surface area contributed by atoms with E-state index in [0.29, 0.717) is 12.8 Å². The van der Waals surface area contributed by atoms with Crippen molar-refractivity contribution in [2.45, 2.75) is 50.2 Å². The fraction of sp³-hybridized carbons (Fsp3) is 0.524. The van der Waals surface area contributed by atoms with Gasteiger partial charge in [-0.25, -0.2) is 4.79 Å². The molecule has 2 aliphatic heterocycles. The third-order valence-electron chi connectivity index (χ3n) is 5.97. The predicted octanol–water partition coefficient (Wildman–Crippen LogP) is 2.28. The molecule has 0 saturated carbocycles. The van der Waals surface area contributed by atoms with Gasteiger partial charge in [0.25, 0.3) is 0 Å². The minimum atomic E-state index is -4.65. The maximum absolute atomic E-state index is 13.3. The van der Waals surface area contributed by atoms with Crippen LogP contribution in [0.25, 0.3) is 0 Å². The van der Waals surface area contributed by atoms with Crippen molar-refractivity contribution in [1.82, 2.24) is 9.80 Å². The van der Waals surface area contributed by atoms with Crippen LogP contribution in [0.3, 0.4) is 0 Å². The molecule has 0 aromatic heterocycles. The minimum absolute atomic E-state index is 0.0427. The second-order valence-electron chi connectivity index (χ2n) is 7.73. The first-order valence-corrected chi connectivity index (χ1v) is 9.95. The molecule has 2 aliphatic rings. The maximum Gasteiger partial charge on any atom is 0.416 e. The Kier molecular flexibility index (Phi) is 6.11. The Balaban J connectivity index is 2.03. The van der Waals surface area contributed by atoms with Gasteiger partial charge < -0.3 is 9.64 Å². The molecule has 0 bridgehead atoms. The number of ether oxygens (including phenoxy) is 1. The van der Waals surface area contributed by atoms with E-state index in [1.54, 1.807) is 6.92 Å². The average Bonchev–Trinajstić information content (AvgIpc) is 3.30. The lowest BCUT2D eigenvalue weighted by Gasteiger charge is -2.31. The molecule has 3 amide bonds. The van der Waals surface area contributed by atoms with Gasteiger partial charge in [-0.3, -0.25) is 19.3 Å². The molecule has 0 spiro atoms. The van der Waals surface area contributed by atoms with Gasteiger partial charge in [0.15, 0.2) is 0 Å². The van der Waals surface area contributed by atoms with Gasteiger partial charge in [-0.1, -0.05) is 18.2 Å². The molecule has 168 valence electrons. The summed E-state index contributed by atoms with van der Waals surface area (Å²) in [5.41, 5.74) is -2.77. The van der Waals surface area contributed by atoms with Crippen LogP contribution in [-0.2, 0) is 35.5 Å². The van der Waals surface area contributed by atoms with Crippen molar-refractivity contribution in [3.8, 4) is 0 Å². The standard InChI is InChI=1S/C21H23F3N2O5/c1-3-25-16(27)11-20(19(25)30,13-6-4-7-14(10-13)21(22,23)24)12-17(28)26-9-5-8-15(26)18(29)31-2/h4,6-7,10,15H,3,5,8-9,11-12H2,1-2H3/t15-,20+/m0/s1. The molecule has 2 fully saturated rings. The zero-order chi connectivity index (χ0) is 23.0. The molecular weight excluding hydrogens is 417 g/mol. The number of carbonyl (C=O) groups is 4. The number of hydrogen-bond acceptors (Lipinski definition) is 5. The van der Waals surface area contributed by atoms with Crippen LogP contribution in [0, 0.1) is 0 Å². The lowest BCUT2D eigenvalue weighted by atomic mass is 9.75. The van der Waals surface area contributed by atoms with E-state index in [4.69, 9.17) is 4.74 Å². The number of nitrogens with zero attached hydrogens (tertiary/aromatic N) is 2. The van der Waals surface area contributed by atoms with Crippen molar-refractivity contribution in [2.24, 2.45) is 0 Å². The lowest BCUT2D eigenvalue weighted by Crippen LogP contribution is -2.46. The molecule has 10 heteroatoms. The number of likely N-dealkylation sites (N-methyl/N-ethyl adjacent to an activating group) is 1. The van der Waals surface area contributed by atoms with Gasteiger partial charge in [-0.2, -0.15) is 13.2 Å². The molecule has 2 heterocycles. The average molecular weight is 440 g/mol. The molecule has 0 unspecified atom stereocenters. The maximum atomic E-state index is 13.3. The first kappa shape index (κ1) is 22.8. The number of amides is 3. The fourth-order valence-electron chi connectivity index (χ4n) is 4.39. The number of imide groups is 1. The smallest absolute Gasteiger partial charge is 0.416 e. The number of rotatable bonds is 5. The summed E-state index contributed by atoms with van der Waals surface area (Å²) in [7, 11) is 1.20. The summed E-state index contributed by atoms with van der Waals surface area (Å²) in [6, 6.07) is 3.36. The normalized spacial score (nSPS) is 24.1. The van der Waals surface area contributed by atoms with Gasteiger partial charge in [-0.15, -0.1) is 0 Å². The quantitative estimate of drug-likeness (QED) is 0.518. The summed E-state index contributed by atoms with van der Waals surface area (Å²) >= 11 is 0. The van der Waals surface area contributed by atoms with E-state index in [1.807, 2.05) is 0 Å². The van der Waals surface area contributed by atoms with Gasteiger partial charge in [-0.05, 0) is 31.4 Å². The van der Waals surface area contributed by atoms with Crippen LogP contribution in [0.2, 0.25) is 0 Å². The first-order valence-electron chi connectivity index (χ1n) is 9.95. The number of carbonyl (C=O) groups excluding carboxylic acids is 4. The van der Waals surface area contributed by atoms with E-state index >= 15 is 0 Å². The number of hydrogen-bond donors (Lipinski definition) is 0. The van der Waals surface area contributed by atoms with Crippen LogP contribution in [0.1, 0.15) is 43.7 Å². The van der Waals surface area contributed by atoms with Crippen molar-refractivity contribution in [2.75, 3.05) is 20.2 Å². The summed E-state index contributed by atoms with van der Waals surface area (Å²) in [4.78, 5) is 53.1. The van der Waals surface area contributed by atoms with E-state index in [1.165, 1.54) is 18.1 Å². The van der Waals surface area contributed by atoms with Gasteiger partial charge in [0.05, 0.1) is 18.1 Å². The minimum Gasteiger partial charge on any atom is -0.467 e. The van der Waals surface area contributed by atoms with Crippen LogP contribution < -0.4 is 0 Å². The number of likely N-dealkylation sites (tertiary alicyclic amines) is 2. The molecule has 0 radical (unpaired) electrons. The Morgan fingerprint density at radius 1 is 1.26 bits per heavy atom. The molecular formula is C21H23F3N2O5. The predicted molar refractivity (Wildman–Crippen MR) is 102 cm³/mol. The molecule has 2 atom stereocenters. The van der Waals surface area contributed by atoms with Crippen LogP contribution in [-0.4, -0.2) is 59.7 Å². The number of esters is 1. The molecule has 0 N–H and O–H groups in total. The highest BCUT2D eigenvalue weighted by Gasteiger charge is 2.54. The Hall–Kier alpha value is -2.91. The second kappa shape index (κ2) is 8.32. The first-order chi connectivity index (χ1) is 14.5. The zero-order valence-corrected chi connectivity index (χ0v) is 17.2. The number of alkyl halides is 3. The van der Waals surface area contributed by atoms with Gasteiger partial charge in [0.1, 0.15) is 6.04 Å². The summed E-state index contributed by atoms with van der Waals surface area (Å²) in [5.74, 6) is -2.43. The molecule has 2 saturated heterocycles. The highest BCUT2D eigenvalue weighted by molar-refractivity contribution is 6.10. The van der Waals surface area contributed by atoms with Crippen molar-refractivity contribution in [3.63, 3.8) is 0 Å². The van der Waals surface area contributed by atoms with Crippen LogP contribution >= 0.6 is 0 Å². The molecule has 7 nitrogen and oxygen atoms in total. The van der Waals surface area contributed by atoms with Crippen molar-refractivity contribution in [1.29, 1.82) is 0 Å².